The maximum atomic E-state index is 11.7. The first-order valence-electron chi connectivity index (χ1n) is 5.81. The third-order valence-corrected chi connectivity index (χ3v) is 2.94. The van der Waals surface area contributed by atoms with Gasteiger partial charge in [-0.2, -0.15) is 0 Å². The van der Waals surface area contributed by atoms with Gasteiger partial charge < -0.3 is 10.1 Å². The largest absolute Gasteiger partial charge is 0.375 e. The van der Waals surface area contributed by atoms with Crippen LogP contribution in [0.5, 0.6) is 0 Å². The third kappa shape index (κ3) is 3.46. The number of carbonyl (C=O) groups excluding carboxylic acids is 1. The van der Waals surface area contributed by atoms with Crippen molar-refractivity contribution in [2.45, 2.75) is 6.10 Å². The number of H-pyrrole nitrogens is 2. The summed E-state index contributed by atoms with van der Waals surface area (Å²) in [6.45, 7) is 0.242. The Morgan fingerprint density at radius 2 is 2.15 bits per heavy atom. The second-order valence-corrected chi connectivity index (χ2v) is 4.45. The molecule has 8 heteroatoms. The van der Waals surface area contributed by atoms with Gasteiger partial charge in [-0.3, -0.25) is 9.78 Å². The second kappa shape index (κ2) is 6.36. The van der Waals surface area contributed by atoms with Gasteiger partial charge in [0, 0.05) is 18.7 Å². The monoisotopic (exact) mass is 296 g/mol. The van der Waals surface area contributed by atoms with Gasteiger partial charge in [0.1, 0.15) is 0 Å². The zero-order valence-electron chi connectivity index (χ0n) is 10.6. The minimum atomic E-state index is -0.531. The molecule has 1 amide bonds. The van der Waals surface area contributed by atoms with Gasteiger partial charge in [-0.05, 0) is 17.7 Å². The predicted octanol–water partition coefficient (Wildman–Crippen LogP) is 0.869. The summed E-state index contributed by atoms with van der Waals surface area (Å²) in [5.74, 6) is -0.555. The Kier molecular flexibility index (Phi) is 4.54. The van der Waals surface area contributed by atoms with Crippen molar-refractivity contribution in [1.29, 1.82) is 0 Å². The zero-order valence-corrected chi connectivity index (χ0v) is 11.4. The van der Waals surface area contributed by atoms with Gasteiger partial charge in [0.15, 0.2) is 0 Å². The Hall–Kier alpha value is -2.12. The third-order valence-electron chi connectivity index (χ3n) is 2.69. The first kappa shape index (κ1) is 14.3. The van der Waals surface area contributed by atoms with Crippen LogP contribution in [0.4, 0.5) is 0 Å². The number of halogens is 1. The van der Waals surface area contributed by atoms with Crippen LogP contribution in [0, 0.1) is 0 Å². The number of aromatic nitrogens is 3. The summed E-state index contributed by atoms with van der Waals surface area (Å²) in [5.41, 5.74) is 0.351. The van der Waals surface area contributed by atoms with Gasteiger partial charge in [-0.1, -0.05) is 23.7 Å². The minimum absolute atomic E-state index is 0.0686. The maximum Gasteiger partial charge on any atom is 0.341 e. The van der Waals surface area contributed by atoms with Gasteiger partial charge in [-0.25, -0.2) is 9.89 Å². The zero-order chi connectivity index (χ0) is 14.5. The number of benzene rings is 1. The number of methoxy groups -OCH3 is 1. The molecule has 20 heavy (non-hydrogen) atoms. The summed E-state index contributed by atoms with van der Waals surface area (Å²) < 4.78 is 5.31. The van der Waals surface area contributed by atoms with Crippen LogP contribution < -0.4 is 11.0 Å². The van der Waals surface area contributed by atoms with Gasteiger partial charge in [0.2, 0.25) is 5.82 Å². The van der Waals surface area contributed by atoms with Crippen molar-refractivity contribution in [3.8, 4) is 0 Å². The SMILES string of the molecule is COC(CNC(=O)c1n[nH]c(=O)[nH]1)c1ccc(Cl)cc1. The summed E-state index contributed by atoms with van der Waals surface area (Å²) in [6, 6.07) is 7.13. The topological polar surface area (TPSA) is 99.9 Å². The molecule has 0 spiro atoms. The standard InChI is InChI=1S/C12H13ClN4O3/c1-20-9(7-2-4-8(13)5-3-7)6-14-11(18)10-15-12(19)17-16-10/h2-5,9H,6H2,1H3,(H,14,18)(H2,15,16,17,19). The average Bonchev–Trinajstić information content (AvgIpc) is 2.88. The summed E-state index contributed by atoms with van der Waals surface area (Å²) >= 11 is 5.81. The van der Waals surface area contributed by atoms with E-state index in [4.69, 9.17) is 16.3 Å². The summed E-state index contributed by atoms with van der Waals surface area (Å²) in [7, 11) is 1.54. The molecule has 0 aliphatic heterocycles. The van der Waals surface area contributed by atoms with E-state index in [0.29, 0.717) is 5.02 Å². The molecule has 1 heterocycles. The van der Waals surface area contributed by atoms with E-state index in [9.17, 15) is 9.59 Å². The van der Waals surface area contributed by atoms with Crippen molar-refractivity contribution in [1.82, 2.24) is 20.5 Å². The number of ether oxygens (including phenoxy) is 1. The number of nitrogens with zero attached hydrogens (tertiary/aromatic N) is 1. The van der Waals surface area contributed by atoms with Crippen molar-refractivity contribution >= 4 is 17.5 Å². The maximum absolute atomic E-state index is 11.7. The number of carbonyl (C=O) groups is 1. The molecule has 2 rings (SSSR count). The molecule has 1 atom stereocenters. The fourth-order valence-electron chi connectivity index (χ4n) is 1.66. The Morgan fingerprint density at radius 3 is 2.70 bits per heavy atom. The predicted molar refractivity (Wildman–Crippen MR) is 72.7 cm³/mol. The molecule has 106 valence electrons. The van der Waals surface area contributed by atoms with Crippen molar-refractivity contribution in [2.24, 2.45) is 0 Å². The summed E-state index contributed by atoms with van der Waals surface area (Å²) in [5, 5.41) is 8.92. The molecule has 0 aliphatic rings. The van der Waals surface area contributed by atoms with Crippen LogP contribution in [-0.4, -0.2) is 34.7 Å². The number of aromatic amines is 2. The number of rotatable bonds is 5. The van der Waals surface area contributed by atoms with E-state index >= 15 is 0 Å². The van der Waals surface area contributed by atoms with Gasteiger partial charge in [0.05, 0.1) is 6.10 Å². The molecular weight excluding hydrogens is 284 g/mol. The van der Waals surface area contributed by atoms with Crippen molar-refractivity contribution in [2.75, 3.05) is 13.7 Å². The molecule has 2 aromatic rings. The lowest BCUT2D eigenvalue weighted by atomic mass is 10.1. The van der Waals surface area contributed by atoms with E-state index in [1.807, 2.05) is 12.1 Å². The molecule has 3 N–H and O–H groups in total. The molecule has 0 bridgehead atoms. The van der Waals surface area contributed by atoms with Crippen LogP contribution in [-0.2, 0) is 4.74 Å². The fraction of sp³-hybridized carbons (Fsp3) is 0.250. The molecule has 0 aliphatic carbocycles. The highest BCUT2D eigenvalue weighted by Gasteiger charge is 2.14. The van der Waals surface area contributed by atoms with Crippen LogP contribution in [0.15, 0.2) is 29.1 Å². The van der Waals surface area contributed by atoms with Gasteiger partial charge >= 0.3 is 5.69 Å². The normalized spacial score (nSPS) is 12.1. The first-order chi connectivity index (χ1) is 9.60. The highest BCUT2D eigenvalue weighted by Crippen LogP contribution is 2.18. The smallest absolute Gasteiger partial charge is 0.341 e. The van der Waals surface area contributed by atoms with Crippen LogP contribution in [0.1, 0.15) is 22.3 Å². The molecule has 1 unspecified atom stereocenters. The minimum Gasteiger partial charge on any atom is -0.375 e. The van der Waals surface area contributed by atoms with E-state index < -0.39 is 11.6 Å². The quantitative estimate of drug-likeness (QED) is 0.762. The number of hydrogen-bond acceptors (Lipinski definition) is 4. The highest BCUT2D eigenvalue weighted by atomic mass is 35.5. The van der Waals surface area contributed by atoms with Crippen LogP contribution >= 0.6 is 11.6 Å². The summed E-state index contributed by atoms with van der Waals surface area (Å²) in [4.78, 5) is 24.8. The van der Waals surface area contributed by atoms with Crippen molar-refractivity contribution < 1.29 is 9.53 Å². The Bertz CT molecular complexity index is 635. The van der Waals surface area contributed by atoms with E-state index in [2.05, 4.69) is 20.5 Å². The number of hydrogen-bond donors (Lipinski definition) is 3. The van der Waals surface area contributed by atoms with E-state index in [1.165, 1.54) is 0 Å². The van der Waals surface area contributed by atoms with E-state index in [0.717, 1.165) is 5.56 Å². The molecule has 1 aromatic heterocycles. The number of nitrogens with one attached hydrogen (secondary N) is 3. The number of amides is 1. The van der Waals surface area contributed by atoms with Gasteiger partial charge in [0.25, 0.3) is 5.91 Å². The van der Waals surface area contributed by atoms with E-state index in [-0.39, 0.29) is 18.5 Å². The van der Waals surface area contributed by atoms with Crippen LogP contribution in [0.25, 0.3) is 0 Å². The lowest BCUT2D eigenvalue weighted by Gasteiger charge is -2.16. The first-order valence-corrected chi connectivity index (χ1v) is 6.19. The fourth-order valence-corrected chi connectivity index (χ4v) is 1.79. The summed E-state index contributed by atoms with van der Waals surface area (Å²) in [6.07, 6.45) is -0.318. The molecule has 0 radical (unpaired) electrons. The molecule has 0 saturated carbocycles. The Morgan fingerprint density at radius 1 is 1.45 bits per heavy atom. The molecule has 0 saturated heterocycles. The van der Waals surface area contributed by atoms with Crippen molar-refractivity contribution in [3.05, 3.63) is 51.2 Å². The lowest BCUT2D eigenvalue weighted by Crippen LogP contribution is -2.30. The second-order valence-electron chi connectivity index (χ2n) is 4.01. The molecule has 0 fully saturated rings. The van der Waals surface area contributed by atoms with Crippen molar-refractivity contribution in [3.63, 3.8) is 0 Å². The molecule has 1 aromatic carbocycles. The molecule has 7 nitrogen and oxygen atoms in total. The van der Waals surface area contributed by atoms with Crippen LogP contribution in [0.2, 0.25) is 5.02 Å². The van der Waals surface area contributed by atoms with E-state index in [1.54, 1.807) is 19.2 Å². The average molecular weight is 297 g/mol. The highest BCUT2D eigenvalue weighted by molar-refractivity contribution is 6.30. The lowest BCUT2D eigenvalue weighted by molar-refractivity contribution is 0.0820. The Balaban J connectivity index is 1.99. The Labute approximate surface area is 119 Å². The molecular formula is C12H13ClN4O3. The van der Waals surface area contributed by atoms with Crippen LogP contribution in [0.3, 0.4) is 0 Å². The van der Waals surface area contributed by atoms with Gasteiger partial charge in [-0.15, -0.1) is 5.10 Å².